The van der Waals surface area contributed by atoms with Crippen LogP contribution in [0.1, 0.15) is 45.6 Å². The van der Waals surface area contributed by atoms with Crippen molar-refractivity contribution in [2.75, 3.05) is 13.1 Å². The van der Waals surface area contributed by atoms with Crippen LogP contribution in [-0.2, 0) is 4.79 Å². The average molecular weight is 247 g/mol. The van der Waals surface area contributed by atoms with Crippen LogP contribution in [0.3, 0.4) is 0 Å². The Morgan fingerprint density at radius 3 is 2.28 bits per heavy atom. The summed E-state index contributed by atoms with van der Waals surface area (Å²) in [6.07, 6.45) is 0.602. The molecule has 100 valence electrons. The van der Waals surface area contributed by atoms with Crippen LogP contribution in [-0.4, -0.2) is 23.9 Å². The maximum atomic E-state index is 12.2. The fraction of sp³-hybridized carbons (Fsp3) is 0.562. The zero-order valence-corrected chi connectivity index (χ0v) is 12.0. The molecule has 1 unspecified atom stereocenters. The van der Waals surface area contributed by atoms with Gasteiger partial charge in [-0.05, 0) is 24.3 Å². The Bertz CT molecular complexity index is 359. The Kier molecular flexibility index (Phi) is 5.90. The third-order valence-corrected chi connectivity index (χ3v) is 3.17. The molecule has 0 saturated carbocycles. The highest BCUT2D eigenvalue weighted by Gasteiger charge is 2.17. The maximum Gasteiger partial charge on any atom is 0.223 e. The lowest BCUT2D eigenvalue weighted by atomic mass is 9.97. The summed E-state index contributed by atoms with van der Waals surface area (Å²) in [6, 6.07) is 10.3. The highest BCUT2D eigenvalue weighted by atomic mass is 16.2. The van der Waals surface area contributed by atoms with Crippen molar-refractivity contribution < 1.29 is 4.79 Å². The summed E-state index contributed by atoms with van der Waals surface area (Å²) in [5.41, 5.74) is 1.24. The number of hydrogen-bond acceptors (Lipinski definition) is 1. The van der Waals surface area contributed by atoms with Gasteiger partial charge in [0.05, 0.1) is 0 Å². The molecule has 2 nitrogen and oxygen atoms in total. The first kappa shape index (κ1) is 14.7. The number of carbonyl (C=O) groups excluding carboxylic acids is 1. The van der Waals surface area contributed by atoms with Crippen LogP contribution >= 0.6 is 0 Å². The van der Waals surface area contributed by atoms with Gasteiger partial charge < -0.3 is 4.90 Å². The normalized spacial score (nSPS) is 12.5. The van der Waals surface area contributed by atoms with Gasteiger partial charge in [0.15, 0.2) is 0 Å². The summed E-state index contributed by atoms with van der Waals surface area (Å²) < 4.78 is 0. The summed E-state index contributed by atoms with van der Waals surface area (Å²) in [4.78, 5) is 14.2. The quantitative estimate of drug-likeness (QED) is 0.751. The van der Waals surface area contributed by atoms with Gasteiger partial charge in [-0.25, -0.2) is 0 Å². The second-order valence-electron chi connectivity index (χ2n) is 5.34. The third-order valence-electron chi connectivity index (χ3n) is 3.17. The molecule has 0 N–H and O–H groups in total. The SMILES string of the molecule is CCN(CC(C)C)C(=O)CC(C)c1ccccc1. The zero-order valence-electron chi connectivity index (χ0n) is 12.0. The van der Waals surface area contributed by atoms with Crippen molar-refractivity contribution >= 4 is 5.91 Å². The van der Waals surface area contributed by atoms with Crippen LogP contribution in [0, 0.1) is 5.92 Å². The van der Waals surface area contributed by atoms with Crippen molar-refractivity contribution in [3.05, 3.63) is 35.9 Å². The number of rotatable bonds is 6. The monoisotopic (exact) mass is 247 g/mol. The van der Waals surface area contributed by atoms with Crippen LogP contribution in [0.4, 0.5) is 0 Å². The predicted molar refractivity (Wildman–Crippen MR) is 76.6 cm³/mol. The lowest BCUT2D eigenvalue weighted by Gasteiger charge is -2.24. The van der Waals surface area contributed by atoms with Gasteiger partial charge in [0.1, 0.15) is 0 Å². The molecule has 1 rings (SSSR count). The first-order valence-corrected chi connectivity index (χ1v) is 6.87. The molecule has 0 radical (unpaired) electrons. The standard InChI is InChI=1S/C16H25NO/c1-5-17(12-13(2)3)16(18)11-14(4)15-9-7-6-8-10-15/h6-10,13-14H,5,11-12H2,1-4H3. The Morgan fingerprint density at radius 1 is 1.17 bits per heavy atom. The average Bonchev–Trinajstić information content (AvgIpc) is 2.36. The van der Waals surface area contributed by atoms with E-state index in [1.807, 2.05) is 30.0 Å². The molecule has 1 atom stereocenters. The van der Waals surface area contributed by atoms with Gasteiger partial charge in [0.2, 0.25) is 5.91 Å². The van der Waals surface area contributed by atoms with Gasteiger partial charge in [0.25, 0.3) is 0 Å². The van der Waals surface area contributed by atoms with Gasteiger partial charge in [-0.3, -0.25) is 4.79 Å². The van der Waals surface area contributed by atoms with Crippen molar-refractivity contribution in [2.24, 2.45) is 5.92 Å². The fourth-order valence-corrected chi connectivity index (χ4v) is 2.14. The van der Waals surface area contributed by atoms with Gasteiger partial charge in [-0.1, -0.05) is 51.1 Å². The first-order valence-electron chi connectivity index (χ1n) is 6.87. The van der Waals surface area contributed by atoms with Crippen LogP contribution in [0.2, 0.25) is 0 Å². The second kappa shape index (κ2) is 7.20. The lowest BCUT2D eigenvalue weighted by molar-refractivity contribution is -0.131. The predicted octanol–water partition coefficient (Wildman–Crippen LogP) is 3.68. The highest BCUT2D eigenvalue weighted by molar-refractivity contribution is 5.77. The largest absolute Gasteiger partial charge is 0.343 e. The Labute approximate surface area is 111 Å². The topological polar surface area (TPSA) is 20.3 Å². The molecule has 0 aromatic heterocycles. The van der Waals surface area contributed by atoms with Crippen molar-refractivity contribution in [2.45, 2.75) is 40.0 Å². The van der Waals surface area contributed by atoms with Gasteiger partial charge in [0, 0.05) is 19.5 Å². The number of amides is 1. The molecule has 0 heterocycles. The summed E-state index contributed by atoms with van der Waals surface area (Å²) >= 11 is 0. The highest BCUT2D eigenvalue weighted by Crippen LogP contribution is 2.19. The van der Waals surface area contributed by atoms with E-state index >= 15 is 0 Å². The summed E-state index contributed by atoms with van der Waals surface area (Å²) in [5, 5.41) is 0. The number of nitrogens with zero attached hydrogens (tertiary/aromatic N) is 1. The summed E-state index contributed by atoms with van der Waals surface area (Å²) in [7, 11) is 0. The van der Waals surface area contributed by atoms with Gasteiger partial charge >= 0.3 is 0 Å². The van der Waals surface area contributed by atoms with E-state index in [1.165, 1.54) is 5.56 Å². The molecule has 0 spiro atoms. The van der Waals surface area contributed by atoms with Crippen LogP contribution in [0.15, 0.2) is 30.3 Å². The molecular formula is C16H25NO. The molecule has 0 aliphatic rings. The Balaban J connectivity index is 2.58. The Morgan fingerprint density at radius 2 is 1.78 bits per heavy atom. The second-order valence-corrected chi connectivity index (χ2v) is 5.34. The minimum absolute atomic E-state index is 0.266. The third kappa shape index (κ3) is 4.52. The van der Waals surface area contributed by atoms with E-state index in [-0.39, 0.29) is 5.91 Å². The van der Waals surface area contributed by atoms with E-state index in [4.69, 9.17) is 0 Å². The molecule has 0 fully saturated rings. The Hall–Kier alpha value is -1.31. The number of benzene rings is 1. The van der Waals surface area contributed by atoms with Gasteiger partial charge in [-0.2, -0.15) is 0 Å². The molecular weight excluding hydrogens is 222 g/mol. The first-order chi connectivity index (χ1) is 8.54. The van der Waals surface area contributed by atoms with E-state index < -0.39 is 0 Å². The van der Waals surface area contributed by atoms with Crippen LogP contribution in [0.5, 0.6) is 0 Å². The van der Waals surface area contributed by atoms with E-state index in [9.17, 15) is 4.79 Å². The smallest absolute Gasteiger partial charge is 0.223 e. The van der Waals surface area contributed by atoms with Crippen LogP contribution < -0.4 is 0 Å². The fourth-order valence-electron chi connectivity index (χ4n) is 2.14. The van der Waals surface area contributed by atoms with Crippen molar-refractivity contribution in [3.63, 3.8) is 0 Å². The molecule has 0 aliphatic carbocycles. The molecule has 0 bridgehead atoms. The molecule has 1 amide bonds. The lowest BCUT2D eigenvalue weighted by Crippen LogP contribution is -2.34. The summed E-state index contributed by atoms with van der Waals surface area (Å²) in [6.45, 7) is 10.1. The zero-order chi connectivity index (χ0) is 13.5. The van der Waals surface area contributed by atoms with Crippen molar-refractivity contribution in [1.29, 1.82) is 0 Å². The molecule has 18 heavy (non-hydrogen) atoms. The van der Waals surface area contributed by atoms with Crippen molar-refractivity contribution in [1.82, 2.24) is 4.90 Å². The van der Waals surface area contributed by atoms with E-state index in [0.29, 0.717) is 18.3 Å². The molecule has 1 aromatic rings. The van der Waals surface area contributed by atoms with E-state index in [0.717, 1.165) is 13.1 Å². The van der Waals surface area contributed by atoms with E-state index in [1.54, 1.807) is 0 Å². The molecule has 0 aliphatic heterocycles. The van der Waals surface area contributed by atoms with Crippen molar-refractivity contribution in [3.8, 4) is 0 Å². The molecule has 2 heteroatoms. The summed E-state index contributed by atoms with van der Waals surface area (Å²) in [5.74, 6) is 1.09. The number of hydrogen-bond donors (Lipinski definition) is 0. The minimum atomic E-state index is 0.266. The molecule has 0 saturated heterocycles. The maximum absolute atomic E-state index is 12.2. The minimum Gasteiger partial charge on any atom is -0.343 e. The van der Waals surface area contributed by atoms with Crippen LogP contribution in [0.25, 0.3) is 0 Å². The van der Waals surface area contributed by atoms with E-state index in [2.05, 4.69) is 32.9 Å². The number of carbonyl (C=O) groups is 1. The molecule has 1 aromatic carbocycles. The van der Waals surface area contributed by atoms with Gasteiger partial charge in [-0.15, -0.1) is 0 Å².